The van der Waals surface area contributed by atoms with Crippen molar-refractivity contribution < 1.29 is 14.3 Å². The molecule has 1 unspecified atom stereocenters. The molecule has 2 aromatic carbocycles. The van der Waals surface area contributed by atoms with Gasteiger partial charge in [-0.15, -0.1) is 0 Å². The molecule has 0 fully saturated rings. The van der Waals surface area contributed by atoms with Crippen molar-refractivity contribution in [1.29, 1.82) is 0 Å². The number of nitrogens with zero attached hydrogens (tertiary/aromatic N) is 2. The number of aryl methyl sites for hydroxylation is 2. The number of hydrogen-bond donors (Lipinski definition) is 1. The van der Waals surface area contributed by atoms with Gasteiger partial charge in [0.05, 0.1) is 26.1 Å². The van der Waals surface area contributed by atoms with Crippen molar-refractivity contribution in [3.8, 4) is 17.2 Å². The lowest BCUT2D eigenvalue weighted by Gasteiger charge is -2.25. The van der Waals surface area contributed by atoms with Crippen LogP contribution in [-0.2, 0) is 4.79 Å². The van der Waals surface area contributed by atoms with Gasteiger partial charge in [-0.3, -0.25) is 4.79 Å². The zero-order valence-electron chi connectivity index (χ0n) is 16.4. The SMILES string of the molecule is COc1ccc(OC)c(C2CC(=O)Nc3c2cnn3-c2cc(C)ccc2C)c1. The maximum atomic E-state index is 12.6. The van der Waals surface area contributed by atoms with Crippen molar-refractivity contribution in [1.82, 2.24) is 9.78 Å². The lowest BCUT2D eigenvalue weighted by molar-refractivity contribution is -0.116. The maximum Gasteiger partial charge on any atom is 0.226 e. The minimum absolute atomic E-state index is 0.0468. The molecule has 4 rings (SSSR count). The summed E-state index contributed by atoms with van der Waals surface area (Å²) in [5.41, 5.74) is 5.06. The molecule has 1 aliphatic rings. The molecule has 1 atom stereocenters. The minimum atomic E-state index is -0.160. The van der Waals surface area contributed by atoms with Crippen LogP contribution < -0.4 is 14.8 Å². The first-order valence-electron chi connectivity index (χ1n) is 9.19. The molecule has 0 saturated heterocycles. The minimum Gasteiger partial charge on any atom is -0.497 e. The second kappa shape index (κ2) is 7.03. The number of hydrogen-bond acceptors (Lipinski definition) is 4. The van der Waals surface area contributed by atoms with Crippen molar-refractivity contribution in [2.24, 2.45) is 0 Å². The second-order valence-corrected chi connectivity index (χ2v) is 7.06. The van der Waals surface area contributed by atoms with E-state index in [9.17, 15) is 4.79 Å². The Morgan fingerprint density at radius 1 is 1.07 bits per heavy atom. The van der Waals surface area contributed by atoms with Gasteiger partial charge in [-0.1, -0.05) is 12.1 Å². The van der Waals surface area contributed by atoms with E-state index in [1.807, 2.05) is 42.9 Å². The van der Waals surface area contributed by atoms with Gasteiger partial charge in [0.15, 0.2) is 0 Å². The highest BCUT2D eigenvalue weighted by atomic mass is 16.5. The summed E-state index contributed by atoms with van der Waals surface area (Å²) in [6, 6.07) is 11.9. The highest BCUT2D eigenvalue weighted by Gasteiger charge is 2.32. The number of anilines is 1. The average molecular weight is 377 g/mol. The zero-order valence-corrected chi connectivity index (χ0v) is 16.4. The predicted octanol–water partition coefficient (Wildman–Crippen LogP) is 3.98. The van der Waals surface area contributed by atoms with Gasteiger partial charge in [0.2, 0.25) is 5.91 Å². The molecule has 0 spiro atoms. The lowest BCUT2D eigenvalue weighted by Crippen LogP contribution is -2.25. The van der Waals surface area contributed by atoms with Crippen LogP contribution in [0, 0.1) is 13.8 Å². The molecule has 28 heavy (non-hydrogen) atoms. The number of carbonyl (C=O) groups excluding carboxylic acids is 1. The van der Waals surface area contributed by atoms with E-state index in [2.05, 4.69) is 28.6 Å². The summed E-state index contributed by atoms with van der Waals surface area (Å²) in [6.45, 7) is 4.08. The van der Waals surface area contributed by atoms with Crippen LogP contribution in [-0.4, -0.2) is 29.9 Å². The van der Waals surface area contributed by atoms with Gasteiger partial charge in [0.1, 0.15) is 17.3 Å². The molecule has 1 N–H and O–H groups in total. The largest absolute Gasteiger partial charge is 0.497 e. The van der Waals surface area contributed by atoms with Crippen molar-refractivity contribution in [2.45, 2.75) is 26.2 Å². The zero-order chi connectivity index (χ0) is 19.8. The van der Waals surface area contributed by atoms with E-state index in [4.69, 9.17) is 9.47 Å². The third-order valence-corrected chi connectivity index (χ3v) is 5.23. The van der Waals surface area contributed by atoms with Crippen LogP contribution in [0.5, 0.6) is 11.5 Å². The van der Waals surface area contributed by atoms with Crippen molar-refractivity contribution in [2.75, 3.05) is 19.5 Å². The summed E-state index contributed by atoms with van der Waals surface area (Å²) in [4.78, 5) is 12.6. The van der Waals surface area contributed by atoms with Gasteiger partial charge in [0, 0.05) is 23.5 Å². The summed E-state index contributed by atoms with van der Waals surface area (Å²) >= 11 is 0. The maximum absolute atomic E-state index is 12.6. The molecule has 1 aliphatic heterocycles. The van der Waals surface area contributed by atoms with Gasteiger partial charge in [-0.05, 0) is 49.2 Å². The van der Waals surface area contributed by atoms with E-state index in [1.165, 1.54) is 0 Å². The lowest BCUT2D eigenvalue weighted by atomic mass is 9.86. The van der Waals surface area contributed by atoms with Gasteiger partial charge >= 0.3 is 0 Å². The Morgan fingerprint density at radius 3 is 2.64 bits per heavy atom. The van der Waals surface area contributed by atoms with E-state index in [0.29, 0.717) is 12.2 Å². The van der Waals surface area contributed by atoms with Crippen LogP contribution in [0.15, 0.2) is 42.6 Å². The summed E-state index contributed by atoms with van der Waals surface area (Å²) in [7, 11) is 3.26. The third-order valence-electron chi connectivity index (χ3n) is 5.23. The van der Waals surface area contributed by atoms with Crippen molar-refractivity contribution >= 4 is 11.7 Å². The van der Waals surface area contributed by atoms with Crippen LogP contribution in [0.1, 0.15) is 34.6 Å². The van der Waals surface area contributed by atoms with Crippen LogP contribution in [0.2, 0.25) is 0 Å². The van der Waals surface area contributed by atoms with Crippen LogP contribution in [0.25, 0.3) is 5.69 Å². The molecule has 1 amide bonds. The second-order valence-electron chi connectivity index (χ2n) is 7.06. The first kappa shape index (κ1) is 18.1. The summed E-state index contributed by atoms with van der Waals surface area (Å²) in [5, 5.41) is 7.62. The molecule has 144 valence electrons. The van der Waals surface area contributed by atoms with Crippen molar-refractivity contribution in [3.63, 3.8) is 0 Å². The number of aromatic nitrogens is 2. The Kier molecular flexibility index (Phi) is 4.55. The van der Waals surface area contributed by atoms with Crippen LogP contribution >= 0.6 is 0 Å². The molecule has 0 aliphatic carbocycles. The predicted molar refractivity (Wildman–Crippen MR) is 108 cm³/mol. The molecule has 1 aromatic heterocycles. The first-order chi connectivity index (χ1) is 13.5. The fourth-order valence-electron chi connectivity index (χ4n) is 3.74. The van der Waals surface area contributed by atoms with Gasteiger partial charge < -0.3 is 14.8 Å². The topological polar surface area (TPSA) is 65.4 Å². The van der Waals surface area contributed by atoms with E-state index in [-0.39, 0.29) is 11.8 Å². The Morgan fingerprint density at radius 2 is 1.89 bits per heavy atom. The van der Waals surface area contributed by atoms with Gasteiger partial charge in [0.25, 0.3) is 0 Å². The number of fused-ring (bicyclic) bond motifs is 1. The van der Waals surface area contributed by atoms with E-state index in [0.717, 1.165) is 39.4 Å². The van der Waals surface area contributed by atoms with Crippen LogP contribution in [0.3, 0.4) is 0 Å². The van der Waals surface area contributed by atoms with E-state index in [1.54, 1.807) is 14.2 Å². The number of rotatable bonds is 4. The average Bonchev–Trinajstić information content (AvgIpc) is 3.12. The van der Waals surface area contributed by atoms with Crippen molar-refractivity contribution in [3.05, 3.63) is 64.8 Å². The Balaban J connectivity index is 1.87. The number of methoxy groups -OCH3 is 2. The smallest absolute Gasteiger partial charge is 0.226 e. The van der Waals surface area contributed by atoms with Gasteiger partial charge in [-0.2, -0.15) is 5.10 Å². The molecule has 6 heteroatoms. The molecule has 0 saturated carbocycles. The molecule has 0 radical (unpaired) electrons. The first-order valence-corrected chi connectivity index (χ1v) is 9.19. The Hall–Kier alpha value is -3.28. The third kappa shape index (κ3) is 3.01. The molecule has 2 heterocycles. The summed E-state index contributed by atoms with van der Waals surface area (Å²) in [6.07, 6.45) is 2.16. The fraction of sp³-hybridized carbons (Fsp3) is 0.273. The number of nitrogens with one attached hydrogen (secondary N) is 1. The number of carbonyl (C=O) groups is 1. The Bertz CT molecular complexity index is 1060. The molecular formula is C22H23N3O3. The highest BCUT2D eigenvalue weighted by molar-refractivity contribution is 5.95. The Labute approximate surface area is 164 Å². The summed E-state index contributed by atoms with van der Waals surface area (Å²) < 4.78 is 12.8. The summed E-state index contributed by atoms with van der Waals surface area (Å²) in [5.74, 6) is 1.96. The quantitative estimate of drug-likeness (QED) is 0.747. The molecule has 6 nitrogen and oxygen atoms in total. The highest BCUT2D eigenvalue weighted by Crippen LogP contribution is 2.42. The normalized spacial score (nSPS) is 15.7. The standard InChI is InChI=1S/C22H23N3O3/c1-13-5-6-14(2)19(9-13)25-22-18(12-23-25)16(11-21(26)24-22)17-10-15(27-3)7-8-20(17)28-4/h5-10,12,16H,11H2,1-4H3,(H,24,26). The molecule has 3 aromatic rings. The van der Waals surface area contributed by atoms with E-state index < -0.39 is 0 Å². The monoisotopic (exact) mass is 377 g/mol. The van der Waals surface area contributed by atoms with Gasteiger partial charge in [-0.25, -0.2) is 4.68 Å². The van der Waals surface area contributed by atoms with Crippen LogP contribution in [0.4, 0.5) is 5.82 Å². The number of benzene rings is 2. The van der Waals surface area contributed by atoms with E-state index >= 15 is 0 Å². The molecule has 0 bridgehead atoms. The fourth-order valence-corrected chi connectivity index (χ4v) is 3.74. The number of ether oxygens (including phenoxy) is 2. The molecular weight excluding hydrogens is 354 g/mol. The number of amides is 1.